The van der Waals surface area contributed by atoms with Gasteiger partial charge in [-0.05, 0) is 18.4 Å². The van der Waals surface area contributed by atoms with Gasteiger partial charge in [0.2, 0.25) is 5.88 Å². The molecule has 0 aromatic heterocycles. The van der Waals surface area contributed by atoms with Crippen molar-refractivity contribution in [2.24, 2.45) is 0 Å². The molecule has 1 saturated heterocycles. The first-order valence-corrected chi connectivity index (χ1v) is 6.46. The largest absolute Gasteiger partial charge is 0.463 e. The van der Waals surface area contributed by atoms with Crippen LogP contribution in [0.2, 0.25) is 0 Å². The third-order valence-corrected chi connectivity index (χ3v) is 3.23. The summed E-state index contributed by atoms with van der Waals surface area (Å²) < 4.78 is 15.9. The quantitative estimate of drug-likeness (QED) is 0.851. The minimum absolute atomic E-state index is 0.213. The normalized spacial score (nSPS) is 25.2. The number of amides is 1. The molecule has 0 aromatic rings. The van der Waals surface area contributed by atoms with Crippen LogP contribution in [0, 0.1) is 0 Å². The molecule has 1 N–H and O–H groups in total. The summed E-state index contributed by atoms with van der Waals surface area (Å²) in [5, 5.41) is 9.03. The number of rotatable bonds is 3. The second-order valence-electron chi connectivity index (χ2n) is 4.63. The standard InChI is InChI=1S/C14H15NO5/c16-7-11-6-15(14(17)19-11)13-9-18-8-12(20-13)10-4-2-1-3-5-10/h1-2,4,8-9,11,16H,3,5-7H2/t11-/m0/s1. The Bertz CT molecular complexity index is 532. The van der Waals surface area contributed by atoms with Crippen LogP contribution in [0.4, 0.5) is 4.79 Å². The zero-order valence-electron chi connectivity index (χ0n) is 10.8. The lowest BCUT2D eigenvalue weighted by Crippen LogP contribution is -2.28. The van der Waals surface area contributed by atoms with E-state index >= 15 is 0 Å². The Labute approximate surface area is 116 Å². The minimum Gasteiger partial charge on any atom is -0.463 e. The monoisotopic (exact) mass is 277 g/mol. The van der Waals surface area contributed by atoms with Crippen molar-refractivity contribution in [2.75, 3.05) is 13.2 Å². The Morgan fingerprint density at radius 2 is 2.30 bits per heavy atom. The average Bonchev–Trinajstić information content (AvgIpc) is 2.89. The zero-order valence-corrected chi connectivity index (χ0v) is 10.8. The van der Waals surface area contributed by atoms with Crippen LogP contribution in [0.3, 0.4) is 0 Å². The Balaban J connectivity index is 1.71. The molecule has 1 fully saturated rings. The van der Waals surface area contributed by atoms with E-state index in [0.717, 1.165) is 18.4 Å². The lowest BCUT2D eigenvalue weighted by molar-refractivity contribution is 0.0932. The molecule has 1 aliphatic carbocycles. The van der Waals surface area contributed by atoms with Gasteiger partial charge in [0.05, 0.1) is 13.2 Å². The van der Waals surface area contributed by atoms with E-state index in [9.17, 15) is 4.79 Å². The number of aliphatic hydroxyl groups is 1. The van der Waals surface area contributed by atoms with Crippen molar-refractivity contribution in [1.82, 2.24) is 4.90 Å². The molecule has 0 spiro atoms. The molecule has 6 nitrogen and oxygen atoms in total. The number of carbonyl (C=O) groups is 1. The van der Waals surface area contributed by atoms with Crippen molar-refractivity contribution in [2.45, 2.75) is 18.9 Å². The topological polar surface area (TPSA) is 68.2 Å². The van der Waals surface area contributed by atoms with Crippen LogP contribution in [-0.2, 0) is 14.2 Å². The van der Waals surface area contributed by atoms with Gasteiger partial charge in [-0.1, -0.05) is 18.2 Å². The molecule has 0 radical (unpaired) electrons. The Morgan fingerprint density at radius 3 is 3.00 bits per heavy atom. The lowest BCUT2D eigenvalue weighted by atomic mass is 10.0. The van der Waals surface area contributed by atoms with Crippen molar-refractivity contribution in [3.8, 4) is 0 Å². The smallest absolute Gasteiger partial charge is 0.417 e. The van der Waals surface area contributed by atoms with Gasteiger partial charge in [-0.3, -0.25) is 0 Å². The van der Waals surface area contributed by atoms with Gasteiger partial charge >= 0.3 is 6.09 Å². The molecule has 20 heavy (non-hydrogen) atoms. The van der Waals surface area contributed by atoms with Crippen LogP contribution >= 0.6 is 0 Å². The molecule has 3 aliphatic rings. The van der Waals surface area contributed by atoms with Crippen LogP contribution in [0.5, 0.6) is 0 Å². The number of ether oxygens (including phenoxy) is 3. The van der Waals surface area contributed by atoms with Gasteiger partial charge in [0.25, 0.3) is 0 Å². The molecule has 106 valence electrons. The maximum atomic E-state index is 11.7. The number of cyclic esters (lactones) is 1. The first kappa shape index (κ1) is 12.8. The number of carbonyl (C=O) groups excluding carboxylic acids is 1. The van der Waals surface area contributed by atoms with Gasteiger partial charge in [0.15, 0.2) is 12.0 Å². The Morgan fingerprint density at radius 1 is 1.40 bits per heavy atom. The van der Waals surface area contributed by atoms with Crippen molar-refractivity contribution < 1.29 is 24.1 Å². The van der Waals surface area contributed by atoms with Crippen LogP contribution in [0.25, 0.3) is 0 Å². The van der Waals surface area contributed by atoms with E-state index in [1.807, 2.05) is 12.2 Å². The highest BCUT2D eigenvalue weighted by atomic mass is 16.6. The molecule has 0 bridgehead atoms. The molecule has 1 amide bonds. The molecule has 0 aromatic carbocycles. The summed E-state index contributed by atoms with van der Waals surface area (Å²) in [4.78, 5) is 13.0. The first-order valence-electron chi connectivity index (χ1n) is 6.46. The van der Waals surface area contributed by atoms with Gasteiger partial charge in [-0.25, -0.2) is 9.69 Å². The molecule has 1 atom stereocenters. The van der Waals surface area contributed by atoms with E-state index in [0.29, 0.717) is 5.76 Å². The number of allylic oxidation sites excluding steroid dienone is 4. The number of aliphatic hydroxyl groups excluding tert-OH is 1. The fraction of sp³-hybridized carbons (Fsp3) is 0.357. The number of nitrogens with zero attached hydrogens (tertiary/aromatic N) is 1. The van der Waals surface area contributed by atoms with Crippen LogP contribution in [0.1, 0.15) is 12.8 Å². The highest BCUT2D eigenvalue weighted by Gasteiger charge is 2.35. The van der Waals surface area contributed by atoms with Gasteiger partial charge in [-0.2, -0.15) is 0 Å². The van der Waals surface area contributed by atoms with Crippen molar-refractivity contribution in [3.05, 3.63) is 48.0 Å². The van der Waals surface area contributed by atoms with E-state index in [1.165, 1.54) is 17.4 Å². The van der Waals surface area contributed by atoms with Gasteiger partial charge < -0.3 is 19.3 Å². The fourth-order valence-corrected chi connectivity index (χ4v) is 2.18. The van der Waals surface area contributed by atoms with E-state index in [2.05, 4.69) is 6.08 Å². The van der Waals surface area contributed by atoms with Crippen LogP contribution < -0.4 is 0 Å². The summed E-state index contributed by atoms with van der Waals surface area (Å²) >= 11 is 0. The van der Waals surface area contributed by atoms with Gasteiger partial charge in [-0.15, -0.1) is 0 Å². The molecule has 6 heteroatoms. The third-order valence-electron chi connectivity index (χ3n) is 3.23. The maximum absolute atomic E-state index is 11.7. The molecule has 2 heterocycles. The molecular formula is C14H15NO5. The SMILES string of the molecule is O=C1O[C@H](CO)CN1C1=COC=C(C2=CC=CCC2)O1. The maximum Gasteiger partial charge on any atom is 0.417 e. The summed E-state index contributed by atoms with van der Waals surface area (Å²) in [6.45, 7) is 0.0335. The lowest BCUT2D eigenvalue weighted by Gasteiger charge is -2.23. The minimum atomic E-state index is -0.544. The van der Waals surface area contributed by atoms with Crippen molar-refractivity contribution >= 4 is 6.09 Å². The second kappa shape index (κ2) is 5.42. The van der Waals surface area contributed by atoms with E-state index in [1.54, 1.807) is 0 Å². The Kier molecular flexibility index (Phi) is 3.47. The molecule has 0 unspecified atom stereocenters. The van der Waals surface area contributed by atoms with E-state index in [4.69, 9.17) is 19.3 Å². The first-order chi connectivity index (χ1) is 9.78. The average molecular weight is 277 g/mol. The van der Waals surface area contributed by atoms with Gasteiger partial charge in [0, 0.05) is 0 Å². The van der Waals surface area contributed by atoms with Crippen LogP contribution in [0.15, 0.2) is 48.0 Å². The predicted molar refractivity (Wildman–Crippen MR) is 68.9 cm³/mol. The molecule has 2 aliphatic heterocycles. The predicted octanol–water partition coefficient (Wildman–Crippen LogP) is 1.76. The van der Waals surface area contributed by atoms with Crippen molar-refractivity contribution in [1.29, 1.82) is 0 Å². The van der Waals surface area contributed by atoms with Crippen molar-refractivity contribution in [3.63, 3.8) is 0 Å². The van der Waals surface area contributed by atoms with E-state index < -0.39 is 12.2 Å². The second-order valence-corrected chi connectivity index (χ2v) is 4.63. The fourth-order valence-electron chi connectivity index (χ4n) is 2.18. The van der Waals surface area contributed by atoms with Gasteiger partial charge in [0.1, 0.15) is 12.4 Å². The summed E-state index contributed by atoms with van der Waals surface area (Å²) in [5.74, 6) is 0.867. The number of hydrogen-bond acceptors (Lipinski definition) is 5. The summed E-state index contributed by atoms with van der Waals surface area (Å²) in [6, 6.07) is 0. The molecule has 3 rings (SSSR count). The van der Waals surface area contributed by atoms with E-state index in [-0.39, 0.29) is 19.0 Å². The zero-order chi connectivity index (χ0) is 13.9. The van der Waals surface area contributed by atoms with Crippen LogP contribution in [-0.4, -0.2) is 35.4 Å². The summed E-state index contributed by atoms with van der Waals surface area (Å²) in [7, 11) is 0. The third kappa shape index (κ3) is 2.42. The summed E-state index contributed by atoms with van der Waals surface area (Å²) in [6.07, 6.45) is 9.60. The highest BCUT2D eigenvalue weighted by Crippen LogP contribution is 2.29. The summed E-state index contributed by atoms with van der Waals surface area (Å²) in [5.41, 5.74) is 1.02. The Hall–Kier alpha value is -2.21. The highest BCUT2D eigenvalue weighted by molar-refractivity contribution is 5.71. The number of hydrogen-bond donors (Lipinski definition) is 1. The molecule has 0 saturated carbocycles. The molecular weight excluding hydrogens is 262 g/mol.